The van der Waals surface area contributed by atoms with Crippen LogP contribution >= 0.6 is 27.7 Å². The molecule has 2 aromatic carbocycles. The summed E-state index contributed by atoms with van der Waals surface area (Å²) in [6, 6.07) is 14.5. The van der Waals surface area contributed by atoms with Crippen LogP contribution in [-0.4, -0.2) is 26.7 Å². The number of halogens is 1. The molecule has 0 aliphatic rings. The highest BCUT2D eigenvalue weighted by molar-refractivity contribution is 9.10. The zero-order valence-electron chi connectivity index (χ0n) is 14.1. The third kappa shape index (κ3) is 4.89. The van der Waals surface area contributed by atoms with Gasteiger partial charge in [0.1, 0.15) is 11.6 Å². The quantitative estimate of drug-likeness (QED) is 0.501. The molecule has 1 atom stereocenters. The summed E-state index contributed by atoms with van der Waals surface area (Å²) in [7, 11) is 0. The third-order valence-corrected chi connectivity index (χ3v) is 5.29. The van der Waals surface area contributed by atoms with E-state index < -0.39 is 0 Å². The van der Waals surface area contributed by atoms with E-state index >= 15 is 0 Å². The predicted molar refractivity (Wildman–Crippen MR) is 107 cm³/mol. The number of nitrogens with one attached hydrogen (secondary N) is 2. The number of rotatable bonds is 6. The SMILES string of the molecule is C[C@H](NC(=O)CSc1ccc(O)cc1)c1ncc(-c2ccc(Br)cc2)[nH]1. The van der Waals surface area contributed by atoms with Gasteiger partial charge < -0.3 is 15.4 Å². The van der Waals surface area contributed by atoms with Gasteiger partial charge in [-0.3, -0.25) is 4.79 Å². The maximum Gasteiger partial charge on any atom is 0.230 e. The summed E-state index contributed by atoms with van der Waals surface area (Å²) in [4.78, 5) is 20.7. The first-order chi connectivity index (χ1) is 12.5. The van der Waals surface area contributed by atoms with Gasteiger partial charge in [-0.15, -0.1) is 11.8 Å². The Morgan fingerprint density at radius 1 is 1.23 bits per heavy atom. The van der Waals surface area contributed by atoms with Crippen molar-refractivity contribution in [2.45, 2.75) is 17.9 Å². The average Bonchev–Trinajstić information content (AvgIpc) is 3.12. The number of nitrogens with zero attached hydrogens (tertiary/aromatic N) is 1. The number of amides is 1. The zero-order valence-corrected chi connectivity index (χ0v) is 16.5. The molecular weight excluding hydrogens is 414 g/mol. The lowest BCUT2D eigenvalue weighted by atomic mass is 10.2. The van der Waals surface area contributed by atoms with Crippen LogP contribution in [0.3, 0.4) is 0 Å². The van der Waals surface area contributed by atoms with E-state index in [9.17, 15) is 9.90 Å². The minimum atomic E-state index is -0.216. The molecular formula is C19H18BrN3O2S. The van der Waals surface area contributed by atoms with Gasteiger partial charge >= 0.3 is 0 Å². The van der Waals surface area contributed by atoms with Crippen LogP contribution in [0.25, 0.3) is 11.3 Å². The molecule has 0 fully saturated rings. The van der Waals surface area contributed by atoms with E-state index in [0.717, 1.165) is 20.6 Å². The van der Waals surface area contributed by atoms with Crippen molar-refractivity contribution in [3.8, 4) is 17.0 Å². The number of hydrogen-bond acceptors (Lipinski definition) is 4. The molecule has 3 aromatic rings. The molecule has 0 radical (unpaired) electrons. The number of hydrogen-bond donors (Lipinski definition) is 3. The number of benzene rings is 2. The van der Waals surface area contributed by atoms with Gasteiger partial charge in [0.15, 0.2) is 0 Å². The minimum Gasteiger partial charge on any atom is -0.508 e. The normalized spacial score (nSPS) is 11.9. The summed E-state index contributed by atoms with van der Waals surface area (Å²) in [6.45, 7) is 1.90. The molecule has 5 nitrogen and oxygen atoms in total. The van der Waals surface area contributed by atoms with Gasteiger partial charge in [-0.25, -0.2) is 4.98 Å². The number of aromatic hydroxyl groups is 1. The zero-order chi connectivity index (χ0) is 18.5. The fraction of sp³-hybridized carbons (Fsp3) is 0.158. The number of carbonyl (C=O) groups is 1. The number of phenolic OH excluding ortho intramolecular Hbond substituents is 1. The van der Waals surface area contributed by atoms with Crippen LogP contribution < -0.4 is 5.32 Å². The van der Waals surface area contributed by atoms with Crippen molar-refractivity contribution in [2.24, 2.45) is 0 Å². The van der Waals surface area contributed by atoms with Crippen LogP contribution in [0.2, 0.25) is 0 Å². The molecule has 0 spiro atoms. The number of aromatic amines is 1. The molecule has 1 aromatic heterocycles. The van der Waals surface area contributed by atoms with Crippen molar-refractivity contribution in [1.29, 1.82) is 0 Å². The molecule has 0 bridgehead atoms. The van der Waals surface area contributed by atoms with Crippen molar-refractivity contribution in [3.05, 3.63) is 65.0 Å². The Morgan fingerprint density at radius 3 is 2.62 bits per heavy atom. The summed E-state index contributed by atoms with van der Waals surface area (Å²) in [6.07, 6.45) is 1.77. The largest absolute Gasteiger partial charge is 0.508 e. The van der Waals surface area contributed by atoms with Crippen LogP contribution in [0.5, 0.6) is 5.75 Å². The van der Waals surface area contributed by atoms with E-state index in [1.807, 2.05) is 31.2 Å². The Balaban J connectivity index is 1.55. The van der Waals surface area contributed by atoms with Gasteiger partial charge in [-0.2, -0.15) is 0 Å². The topological polar surface area (TPSA) is 78.0 Å². The summed E-state index contributed by atoms with van der Waals surface area (Å²) in [5, 5.41) is 12.2. The number of aromatic nitrogens is 2. The lowest BCUT2D eigenvalue weighted by molar-refractivity contribution is -0.119. The maximum atomic E-state index is 12.2. The molecule has 3 rings (SSSR count). The molecule has 3 N–H and O–H groups in total. The highest BCUT2D eigenvalue weighted by Gasteiger charge is 2.13. The van der Waals surface area contributed by atoms with Gasteiger partial charge in [-0.05, 0) is 48.9 Å². The van der Waals surface area contributed by atoms with Crippen molar-refractivity contribution < 1.29 is 9.90 Å². The Morgan fingerprint density at radius 2 is 1.92 bits per heavy atom. The van der Waals surface area contributed by atoms with E-state index in [2.05, 4.69) is 31.2 Å². The van der Waals surface area contributed by atoms with E-state index in [4.69, 9.17) is 0 Å². The second kappa shape index (κ2) is 8.42. The van der Waals surface area contributed by atoms with Crippen LogP contribution in [0, 0.1) is 0 Å². The number of carbonyl (C=O) groups excluding carboxylic acids is 1. The van der Waals surface area contributed by atoms with Crippen molar-refractivity contribution in [2.75, 3.05) is 5.75 Å². The Labute approximate surface area is 164 Å². The molecule has 0 saturated carbocycles. The summed E-state index contributed by atoms with van der Waals surface area (Å²) < 4.78 is 1.02. The van der Waals surface area contributed by atoms with Crippen LogP contribution in [0.15, 0.2) is 64.1 Å². The molecule has 0 unspecified atom stereocenters. The number of thioether (sulfide) groups is 1. The maximum absolute atomic E-state index is 12.2. The fourth-order valence-corrected chi connectivity index (χ4v) is 3.35. The first-order valence-corrected chi connectivity index (χ1v) is 9.81. The van der Waals surface area contributed by atoms with Gasteiger partial charge in [0.25, 0.3) is 0 Å². The summed E-state index contributed by atoms with van der Waals surface area (Å²) in [5.74, 6) is 1.16. The number of H-pyrrole nitrogens is 1. The molecule has 0 aliphatic heterocycles. The Bertz CT molecular complexity index is 879. The first-order valence-electron chi connectivity index (χ1n) is 8.03. The Hall–Kier alpha value is -2.25. The van der Waals surface area contributed by atoms with Gasteiger partial charge in [-0.1, -0.05) is 28.1 Å². The Kier molecular flexibility index (Phi) is 6.00. The lowest BCUT2D eigenvalue weighted by Gasteiger charge is -2.11. The molecule has 134 valence electrons. The van der Waals surface area contributed by atoms with Crippen molar-refractivity contribution in [1.82, 2.24) is 15.3 Å². The lowest BCUT2D eigenvalue weighted by Crippen LogP contribution is -2.28. The van der Waals surface area contributed by atoms with Crippen LogP contribution in [-0.2, 0) is 4.79 Å². The molecule has 1 amide bonds. The molecule has 26 heavy (non-hydrogen) atoms. The second-order valence-electron chi connectivity index (χ2n) is 5.76. The number of phenols is 1. The van der Waals surface area contributed by atoms with Crippen molar-refractivity contribution >= 4 is 33.6 Å². The minimum absolute atomic E-state index is 0.0721. The fourth-order valence-electron chi connectivity index (χ4n) is 2.38. The molecule has 0 saturated heterocycles. The standard InChI is InChI=1S/C19H18BrN3O2S/c1-12(22-18(25)11-26-16-8-6-15(24)7-9-16)19-21-10-17(23-19)13-2-4-14(20)5-3-13/h2-10,12,24H,11H2,1H3,(H,21,23)(H,22,25)/t12-/m0/s1. The van der Waals surface area contributed by atoms with E-state index in [1.54, 1.807) is 30.5 Å². The van der Waals surface area contributed by atoms with Gasteiger partial charge in [0.05, 0.1) is 23.7 Å². The summed E-state index contributed by atoms with van der Waals surface area (Å²) >= 11 is 4.84. The average molecular weight is 432 g/mol. The van der Waals surface area contributed by atoms with Crippen LogP contribution in [0.1, 0.15) is 18.8 Å². The van der Waals surface area contributed by atoms with Crippen molar-refractivity contribution in [3.63, 3.8) is 0 Å². The molecule has 1 heterocycles. The van der Waals surface area contributed by atoms with Gasteiger partial charge in [0.2, 0.25) is 5.91 Å². The smallest absolute Gasteiger partial charge is 0.230 e. The first kappa shape index (κ1) is 18.5. The van der Waals surface area contributed by atoms with E-state index in [-0.39, 0.29) is 17.7 Å². The highest BCUT2D eigenvalue weighted by Crippen LogP contribution is 2.23. The molecule has 0 aliphatic carbocycles. The third-order valence-electron chi connectivity index (χ3n) is 3.74. The summed E-state index contributed by atoms with van der Waals surface area (Å²) in [5.41, 5.74) is 1.94. The second-order valence-corrected chi connectivity index (χ2v) is 7.73. The van der Waals surface area contributed by atoms with E-state index in [1.165, 1.54) is 11.8 Å². The predicted octanol–water partition coefficient (Wildman–Crippen LogP) is 4.51. The van der Waals surface area contributed by atoms with E-state index in [0.29, 0.717) is 11.6 Å². The molecule has 7 heteroatoms. The van der Waals surface area contributed by atoms with Gasteiger partial charge in [0, 0.05) is 9.37 Å². The number of imidazole rings is 1. The van der Waals surface area contributed by atoms with Crippen LogP contribution in [0.4, 0.5) is 0 Å². The monoisotopic (exact) mass is 431 g/mol. The highest BCUT2D eigenvalue weighted by atomic mass is 79.9.